The summed E-state index contributed by atoms with van der Waals surface area (Å²) < 4.78 is 26.8. The fraction of sp³-hybridized carbons (Fsp3) is 0.296. The summed E-state index contributed by atoms with van der Waals surface area (Å²) in [5.41, 5.74) is 1.15. The van der Waals surface area contributed by atoms with Gasteiger partial charge in [-0.2, -0.15) is 5.26 Å². The molecule has 2 bridgehead atoms. The van der Waals surface area contributed by atoms with Crippen molar-refractivity contribution in [2.45, 2.75) is 43.9 Å². The lowest BCUT2D eigenvalue weighted by atomic mass is 9.99. The Balaban J connectivity index is 1.52. The molecule has 2 fully saturated rings. The molecule has 7 nitrogen and oxygen atoms in total. The van der Waals surface area contributed by atoms with Gasteiger partial charge in [0.2, 0.25) is 5.91 Å². The highest BCUT2D eigenvalue weighted by Gasteiger charge is 2.43. The number of nitriles is 1. The second kappa shape index (κ2) is 10.1. The summed E-state index contributed by atoms with van der Waals surface area (Å²) in [5.74, 6) is 0.171. The highest BCUT2D eigenvalue weighted by atomic mass is 35.5. The normalized spacial score (nSPS) is 20.4. The van der Waals surface area contributed by atoms with Crippen LogP contribution in [0.5, 0.6) is 11.5 Å². The van der Waals surface area contributed by atoms with E-state index in [4.69, 9.17) is 32.7 Å². The number of carbonyl (C=O) groups excluding carboxylic acids is 1. The zero-order chi connectivity index (χ0) is 26.3. The van der Waals surface area contributed by atoms with Crippen LogP contribution < -0.4 is 14.8 Å². The molecule has 0 saturated carbocycles. The summed E-state index contributed by atoms with van der Waals surface area (Å²) in [6, 6.07) is 8.68. The van der Waals surface area contributed by atoms with E-state index in [0.29, 0.717) is 40.9 Å². The maximum absolute atomic E-state index is 14.8. The molecule has 2 aliphatic rings. The van der Waals surface area contributed by atoms with Gasteiger partial charge in [0.05, 0.1) is 39.6 Å². The molecule has 1 N–H and O–H groups in total. The highest BCUT2D eigenvalue weighted by molar-refractivity contribution is 6.42. The van der Waals surface area contributed by atoms with E-state index in [1.165, 1.54) is 31.5 Å². The number of nitrogens with one attached hydrogen (secondary N) is 1. The number of rotatable bonds is 6. The van der Waals surface area contributed by atoms with Gasteiger partial charge in [-0.1, -0.05) is 29.8 Å². The van der Waals surface area contributed by atoms with Crippen molar-refractivity contribution in [1.82, 2.24) is 9.88 Å². The maximum Gasteiger partial charge on any atom is 0.246 e. The third-order valence-corrected chi connectivity index (χ3v) is 7.76. The van der Waals surface area contributed by atoms with Crippen molar-refractivity contribution in [3.8, 4) is 17.6 Å². The van der Waals surface area contributed by atoms with E-state index < -0.39 is 5.82 Å². The molecule has 5 rings (SSSR count). The first kappa shape index (κ1) is 25.1. The molecule has 190 valence electrons. The maximum atomic E-state index is 14.8. The van der Waals surface area contributed by atoms with Gasteiger partial charge in [-0.15, -0.1) is 0 Å². The van der Waals surface area contributed by atoms with Gasteiger partial charge in [-0.05, 0) is 37.1 Å². The van der Waals surface area contributed by atoms with Gasteiger partial charge < -0.3 is 19.7 Å². The molecule has 2 saturated heterocycles. The average molecular weight is 541 g/mol. The van der Waals surface area contributed by atoms with Crippen molar-refractivity contribution in [2.24, 2.45) is 0 Å². The van der Waals surface area contributed by atoms with Crippen LogP contribution in [0.15, 0.2) is 43.1 Å². The van der Waals surface area contributed by atoms with Gasteiger partial charge in [-0.3, -0.25) is 9.78 Å². The minimum Gasteiger partial charge on any atom is -0.493 e. The molecule has 1 aromatic heterocycles. The number of amides is 1. The zero-order valence-corrected chi connectivity index (χ0v) is 21.4. The summed E-state index contributed by atoms with van der Waals surface area (Å²) in [6.45, 7) is 3.63. The van der Waals surface area contributed by atoms with Gasteiger partial charge >= 0.3 is 0 Å². The Bertz CT molecular complexity index is 1440. The van der Waals surface area contributed by atoms with E-state index >= 15 is 0 Å². The van der Waals surface area contributed by atoms with Crippen molar-refractivity contribution in [3.63, 3.8) is 0 Å². The smallest absolute Gasteiger partial charge is 0.246 e. The number of hydrogen-bond acceptors (Lipinski definition) is 6. The molecule has 0 aliphatic carbocycles. The standard InChI is InChI=1S/C27H23Cl2FN4O3/c1-3-24(35)34-15-4-5-16(34)9-17(8-15)37-23-10-18-21(11-22(23)36-2)32-13-14(12-31)27(18)33-20-7-6-19(28)25(29)26(20)30/h3,6-7,10-11,13,15-17H,1,4-5,8-9H2,2H3,(H,32,33)/t15-,16+,17-. The Hall–Kier alpha value is -3.54. The second-order valence-electron chi connectivity index (χ2n) is 9.07. The number of hydrogen-bond donors (Lipinski definition) is 1. The van der Waals surface area contributed by atoms with E-state index in [9.17, 15) is 14.4 Å². The van der Waals surface area contributed by atoms with Crippen LogP contribution in [0.2, 0.25) is 10.0 Å². The van der Waals surface area contributed by atoms with Crippen molar-refractivity contribution < 1.29 is 18.7 Å². The molecule has 2 aliphatic heterocycles. The molecule has 3 atom stereocenters. The lowest BCUT2D eigenvalue weighted by Crippen LogP contribution is -2.48. The number of methoxy groups -OCH3 is 1. The van der Waals surface area contributed by atoms with E-state index in [0.717, 1.165) is 12.8 Å². The van der Waals surface area contributed by atoms with Gasteiger partial charge in [0.1, 0.15) is 12.2 Å². The minimum atomic E-state index is -0.732. The van der Waals surface area contributed by atoms with Crippen molar-refractivity contribution in [1.29, 1.82) is 5.26 Å². The molecule has 10 heteroatoms. The molecule has 1 amide bonds. The number of fused-ring (bicyclic) bond motifs is 3. The Kier molecular flexibility index (Phi) is 6.84. The van der Waals surface area contributed by atoms with Gasteiger partial charge in [0, 0.05) is 42.6 Å². The van der Waals surface area contributed by atoms with Crippen LogP contribution in [0.1, 0.15) is 31.2 Å². The molecular weight excluding hydrogens is 518 g/mol. The van der Waals surface area contributed by atoms with Crippen LogP contribution in [-0.4, -0.2) is 41.1 Å². The predicted octanol–water partition coefficient (Wildman–Crippen LogP) is 6.39. The Morgan fingerprint density at radius 3 is 2.65 bits per heavy atom. The number of nitrogens with zero attached hydrogens (tertiary/aromatic N) is 3. The third-order valence-electron chi connectivity index (χ3n) is 6.98. The van der Waals surface area contributed by atoms with E-state index in [2.05, 4.69) is 22.9 Å². The largest absolute Gasteiger partial charge is 0.493 e. The molecule has 3 heterocycles. The van der Waals surface area contributed by atoms with Crippen LogP contribution in [0, 0.1) is 17.1 Å². The van der Waals surface area contributed by atoms with Gasteiger partial charge in [0.15, 0.2) is 17.3 Å². The number of piperidine rings is 1. The molecule has 0 radical (unpaired) electrons. The number of halogens is 3. The highest BCUT2D eigenvalue weighted by Crippen LogP contribution is 2.42. The van der Waals surface area contributed by atoms with Gasteiger partial charge in [0.25, 0.3) is 0 Å². The summed E-state index contributed by atoms with van der Waals surface area (Å²) in [6.07, 6.45) is 5.87. The fourth-order valence-electron chi connectivity index (χ4n) is 5.30. The molecule has 0 spiro atoms. The molecule has 37 heavy (non-hydrogen) atoms. The number of carbonyl (C=O) groups is 1. The topological polar surface area (TPSA) is 87.5 Å². The van der Waals surface area contributed by atoms with Gasteiger partial charge in [-0.25, -0.2) is 4.39 Å². The van der Waals surface area contributed by atoms with Crippen molar-refractivity contribution in [2.75, 3.05) is 12.4 Å². The Morgan fingerprint density at radius 1 is 1.27 bits per heavy atom. The number of anilines is 2. The molecule has 2 aromatic carbocycles. The molecule has 3 aromatic rings. The third kappa shape index (κ3) is 4.54. The van der Waals surface area contributed by atoms with Crippen LogP contribution >= 0.6 is 23.2 Å². The first-order valence-electron chi connectivity index (χ1n) is 11.8. The number of pyridine rings is 1. The zero-order valence-electron chi connectivity index (χ0n) is 19.9. The lowest BCUT2D eigenvalue weighted by molar-refractivity contribution is -0.131. The Labute approximate surface area is 223 Å². The van der Waals surface area contributed by atoms with Crippen molar-refractivity contribution in [3.05, 3.63) is 64.5 Å². The van der Waals surface area contributed by atoms with E-state index in [1.54, 1.807) is 12.1 Å². The summed E-state index contributed by atoms with van der Waals surface area (Å²) in [4.78, 5) is 18.6. The predicted molar refractivity (Wildman–Crippen MR) is 140 cm³/mol. The van der Waals surface area contributed by atoms with Crippen LogP contribution in [0.3, 0.4) is 0 Å². The summed E-state index contributed by atoms with van der Waals surface area (Å²) in [5, 5.41) is 13.1. The summed E-state index contributed by atoms with van der Waals surface area (Å²) >= 11 is 11.9. The van der Waals surface area contributed by atoms with Crippen LogP contribution in [0.25, 0.3) is 10.9 Å². The average Bonchev–Trinajstić information content (AvgIpc) is 3.18. The van der Waals surface area contributed by atoms with E-state index in [1.807, 2.05) is 4.90 Å². The van der Waals surface area contributed by atoms with E-state index in [-0.39, 0.29) is 45.4 Å². The molecule has 0 unspecified atom stereocenters. The number of ether oxygens (including phenoxy) is 2. The fourth-order valence-corrected chi connectivity index (χ4v) is 5.61. The monoisotopic (exact) mass is 540 g/mol. The minimum absolute atomic E-state index is 0.0467. The number of aromatic nitrogens is 1. The van der Waals surface area contributed by atoms with Crippen LogP contribution in [0.4, 0.5) is 15.8 Å². The SMILES string of the molecule is C=CC(=O)N1[C@@H]2CC[C@H]1C[C@H](Oc1cc3c(Nc4ccc(Cl)c(Cl)c4F)c(C#N)cnc3cc1OC)C2. The first-order chi connectivity index (χ1) is 17.8. The van der Waals surface area contributed by atoms with Crippen LogP contribution in [-0.2, 0) is 4.79 Å². The van der Waals surface area contributed by atoms with Crippen molar-refractivity contribution >= 4 is 51.4 Å². The quantitative estimate of drug-likeness (QED) is 0.288. The Morgan fingerprint density at radius 2 is 2.00 bits per heavy atom. The number of benzene rings is 2. The second-order valence-corrected chi connectivity index (χ2v) is 9.86. The molecular formula is C27H23Cl2FN4O3. The first-order valence-corrected chi connectivity index (χ1v) is 12.5. The summed E-state index contributed by atoms with van der Waals surface area (Å²) in [7, 11) is 1.54. The lowest BCUT2D eigenvalue weighted by Gasteiger charge is -2.38.